The molecule has 0 aliphatic carbocycles. The number of rotatable bonds is 9. The van der Waals surface area contributed by atoms with Gasteiger partial charge in [0.1, 0.15) is 17.1 Å². The van der Waals surface area contributed by atoms with Crippen LogP contribution in [0, 0.1) is 0 Å². The van der Waals surface area contributed by atoms with Gasteiger partial charge in [0.15, 0.2) is 17.5 Å². The van der Waals surface area contributed by atoms with Gasteiger partial charge in [-0.25, -0.2) is 15.0 Å². The Kier molecular flexibility index (Phi) is 10.7. The molecule has 69 heavy (non-hydrogen) atoms. The molecule has 3 aliphatic heterocycles. The smallest absolute Gasteiger partial charge is 0.155 e. The Morgan fingerprint density at radius 1 is 0.275 bits per heavy atom. The maximum absolute atomic E-state index is 5.45. The first-order chi connectivity index (χ1) is 32.7. The fourth-order valence-corrected chi connectivity index (χ4v) is 9.78. The van der Waals surface area contributed by atoms with E-state index in [1.807, 2.05) is 0 Å². The van der Waals surface area contributed by atoms with E-state index in [0.29, 0.717) is 0 Å². The molecule has 0 saturated heterocycles. The van der Waals surface area contributed by atoms with Crippen LogP contribution in [0.1, 0.15) is 100 Å². The number of hydrogen-bond acceptors (Lipinski definition) is 9. The van der Waals surface area contributed by atoms with Crippen molar-refractivity contribution in [1.82, 2.24) is 15.0 Å². The summed E-state index contributed by atoms with van der Waals surface area (Å²) in [5.41, 5.74) is 8.78. The van der Waals surface area contributed by atoms with E-state index in [4.69, 9.17) is 29.9 Å². The molecular weight excluding hydrogens is 847 g/mol. The first-order valence-corrected chi connectivity index (χ1v) is 24.1. The summed E-state index contributed by atoms with van der Waals surface area (Å²) < 4.78 is 0. The Bertz CT molecular complexity index is 2830. The minimum atomic E-state index is -0.384. The molecule has 9 heteroatoms. The predicted octanol–water partition coefficient (Wildman–Crippen LogP) is 13.3. The molecule has 10 rings (SSSR count). The minimum Gasteiger partial charge on any atom is -0.317 e. The summed E-state index contributed by atoms with van der Waals surface area (Å²) in [6.45, 7) is 26.8. The van der Waals surface area contributed by atoms with E-state index in [-0.39, 0.29) is 33.2 Å². The number of aliphatic imine (C=N–C) groups is 3. The fourth-order valence-electron chi connectivity index (χ4n) is 9.78. The van der Waals surface area contributed by atoms with Gasteiger partial charge in [-0.3, -0.25) is 15.0 Å². The van der Waals surface area contributed by atoms with Gasteiger partial charge in [0.05, 0.1) is 50.3 Å². The summed E-state index contributed by atoms with van der Waals surface area (Å²) in [6, 6.07) is 56.9. The average molecular weight is 910 g/mol. The third-order valence-corrected chi connectivity index (χ3v) is 15.8. The zero-order valence-electron chi connectivity index (χ0n) is 42.1. The highest BCUT2D eigenvalue weighted by Crippen LogP contribution is 2.45. The van der Waals surface area contributed by atoms with Gasteiger partial charge < -0.3 is 14.7 Å². The Morgan fingerprint density at radius 2 is 0.507 bits per heavy atom. The molecule has 0 saturated carbocycles. The molecule has 0 unspecified atom stereocenters. The summed E-state index contributed by atoms with van der Waals surface area (Å²) >= 11 is 0. The lowest BCUT2D eigenvalue weighted by Gasteiger charge is -2.41. The summed E-state index contributed by atoms with van der Waals surface area (Å²) in [4.78, 5) is 39.5. The Labute approximate surface area is 408 Å². The zero-order valence-corrected chi connectivity index (χ0v) is 42.1. The molecule has 0 amide bonds. The van der Waals surface area contributed by atoms with E-state index in [1.165, 1.54) is 0 Å². The normalized spacial score (nSPS) is 19.3. The monoisotopic (exact) mass is 910 g/mol. The van der Waals surface area contributed by atoms with Gasteiger partial charge in [-0.05, 0) is 174 Å². The van der Waals surface area contributed by atoms with Crippen molar-refractivity contribution < 1.29 is 0 Å². The highest BCUT2D eigenvalue weighted by molar-refractivity contribution is 6.14. The second-order valence-corrected chi connectivity index (χ2v) is 21.7. The molecule has 0 bridgehead atoms. The third-order valence-electron chi connectivity index (χ3n) is 15.8. The molecule has 0 spiro atoms. The molecular formula is C60H63N9. The summed E-state index contributed by atoms with van der Waals surface area (Å²) in [5, 5.41) is 0. The van der Waals surface area contributed by atoms with Gasteiger partial charge >= 0.3 is 0 Å². The van der Waals surface area contributed by atoms with Crippen molar-refractivity contribution in [3.8, 4) is 33.8 Å². The van der Waals surface area contributed by atoms with Crippen LogP contribution in [-0.2, 0) is 0 Å². The van der Waals surface area contributed by atoms with Gasteiger partial charge in [0.2, 0.25) is 0 Å². The molecule has 348 valence electrons. The van der Waals surface area contributed by atoms with Crippen LogP contribution in [-0.4, -0.2) is 65.7 Å². The lowest BCUT2D eigenvalue weighted by Crippen LogP contribution is -2.53. The molecule has 6 heterocycles. The van der Waals surface area contributed by atoms with E-state index in [9.17, 15) is 0 Å². The summed E-state index contributed by atoms with van der Waals surface area (Å²) in [6.07, 6.45) is 0. The number of nitrogens with zero attached hydrogens (tertiary/aromatic N) is 9. The summed E-state index contributed by atoms with van der Waals surface area (Å²) in [7, 11) is 0. The number of para-hydroxylation sites is 3. The van der Waals surface area contributed by atoms with E-state index in [1.54, 1.807) is 0 Å². The lowest BCUT2D eigenvalue weighted by atomic mass is 9.83. The van der Waals surface area contributed by atoms with Crippen LogP contribution in [0.4, 0.5) is 17.1 Å². The SMILES string of the molecule is CC1(C)N=C(c2cccc(-c3cc(-c4cccc(C5=NC(C)(C)C(C)(C)N5c5ccccc5)n4)cc(-c4cccc(C5=NC(C)(C)C(C)(C)N5c5ccccc5)n4)c3)n2)N(c2ccccc2)C1(C)C. The van der Waals surface area contributed by atoms with Crippen LogP contribution in [0.5, 0.6) is 0 Å². The Hall–Kier alpha value is -7.26. The van der Waals surface area contributed by atoms with Crippen molar-refractivity contribution in [1.29, 1.82) is 0 Å². The molecule has 4 aromatic carbocycles. The van der Waals surface area contributed by atoms with Crippen LogP contribution >= 0.6 is 0 Å². The van der Waals surface area contributed by atoms with Gasteiger partial charge in [-0.2, -0.15) is 0 Å². The van der Waals surface area contributed by atoms with Crippen LogP contribution < -0.4 is 14.7 Å². The van der Waals surface area contributed by atoms with Crippen molar-refractivity contribution in [2.75, 3.05) is 14.7 Å². The topological polar surface area (TPSA) is 85.5 Å². The lowest BCUT2D eigenvalue weighted by molar-refractivity contribution is 0.338. The van der Waals surface area contributed by atoms with Crippen LogP contribution in [0.25, 0.3) is 33.8 Å². The van der Waals surface area contributed by atoms with Crippen LogP contribution in [0.3, 0.4) is 0 Å². The first-order valence-electron chi connectivity index (χ1n) is 24.1. The van der Waals surface area contributed by atoms with Crippen LogP contribution in [0.2, 0.25) is 0 Å². The van der Waals surface area contributed by atoms with E-state index in [0.717, 1.165) is 85.4 Å². The van der Waals surface area contributed by atoms with Crippen LogP contribution in [0.15, 0.2) is 179 Å². The molecule has 0 N–H and O–H groups in total. The third kappa shape index (κ3) is 7.54. The molecule has 3 aromatic heterocycles. The number of benzene rings is 4. The first kappa shape index (κ1) is 45.5. The molecule has 0 fully saturated rings. The standard InChI is InChI=1S/C60H63N9/c1-55(2)58(7,8)67(43-25-16-13-17-26-43)52(64-55)49-34-22-31-46(61-49)40-37-41(47-32-23-35-50(62-47)53-65-56(3,4)59(9,10)68(53)44-27-18-14-19-28-44)39-42(38-40)48-33-24-36-51(63-48)54-66-57(5,6)60(11,12)69(54)45-29-20-15-21-30-45/h13-39H,1-12H3. The van der Waals surface area contributed by atoms with Gasteiger partial charge in [0.25, 0.3) is 0 Å². The number of pyridine rings is 3. The highest BCUT2D eigenvalue weighted by Gasteiger charge is 2.52. The molecule has 0 radical (unpaired) electrons. The number of hydrogen-bond donors (Lipinski definition) is 0. The summed E-state index contributed by atoms with van der Waals surface area (Å²) in [5.74, 6) is 2.53. The second kappa shape index (κ2) is 16.2. The van der Waals surface area contributed by atoms with E-state index in [2.05, 4.69) is 262 Å². The molecule has 9 nitrogen and oxygen atoms in total. The highest BCUT2D eigenvalue weighted by atomic mass is 15.4. The molecule has 7 aromatic rings. The maximum atomic E-state index is 5.45. The Balaban J connectivity index is 1.13. The van der Waals surface area contributed by atoms with E-state index >= 15 is 0 Å². The predicted molar refractivity (Wildman–Crippen MR) is 287 cm³/mol. The van der Waals surface area contributed by atoms with Crippen molar-refractivity contribution in [3.63, 3.8) is 0 Å². The minimum absolute atomic E-state index is 0.323. The second-order valence-electron chi connectivity index (χ2n) is 21.7. The maximum Gasteiger partial charge on any atom is 0.155 e. The van der Waals surface area contributed by atoms with Crippen molar-refractivity contribution in [2.24, 2.45) is 15.0 Å². The van der Waals surface area contributed by atoms with Crippen molar-refractivity contribution in [3.05, 3.63) is 181 Å². The van der Waals surface area contributed by atoms with Gasteiger partial charge in [0, 0.05) is 33.8 Å². The molecule has 0 atom stereocenters. The van der Waals surface area contributed by atoms with Crippen molar-refractivity contribution in [2.45, 2.75) is 116 Å². The number of anilines is 3. The van der Waals surface area contributed by atoms with Crippen molar-refractivity contribution >= 4 is 34.6 Å². The quantitative estimate of drug-likeness (QED) is 0.143. The average Bonchev–Trinajstić information content (AvgIpc) is 3.76. The van der Waals surface area contributed by atoms with Gasteiger partial charge in [-0.1, -0.05) is 72.8 Å². The Morgan fingerprint density at radius 3 is 0.754 bits per heavy atom. The number of amidine groups is 3. The van der Waals surface area contributed by atoms with E-state index < -0.39 is 0 Å². The fraction of sp³-hybridized carbons (Fsp3) is 0.300. The molecule has 3 aliphatic rings. The van der Waals surface area contributed by atoms with Gasteiger partial charge in [-0.15, -0.1) is 0 Å². The number of aromatic nitrogens is 3. The zero-order chi connectivity index (χ0) is 48.7. The largest absolute Gasteiger partial charge is 0.317 e.